The minimum Gasteiger partial charge on any atom is -0.493 e. The van der Waals surface area contributed by atoms with E-state index in [1.54, 1.807) is 0 Å². The zero-order valence-corrected chi connectivity index (χ0v) is 11.6. The molecule has 1 aromatic carbocycles. The zero-order valence-electron chi connectivity index (χ0n) is 11.6. The molecule has 0 aromatic heterocycles. The molecule has 0 bridgehead atoms. The molecular formula is C15H21NO2. The summed E-state index contributed by atoms with van der Waals surface area (Å²) in [6, 6.07) is 6.12. The average molecular weight is 247 g/mol. The molecule has 18 heavy (non-hydrogen) atoms. The number of hydrogen-bond donors (Lipinski definition) is 1. The van der Waals surface area contributed by atoms with E-state index in [0.29, 0.717) is 13.0 Å². The van der Waals surface area contributed by atoms with Crippen molar-refractivity contribution < 1.29 is 9.84 Å². The normalized spacial score (nSPS) is 11.1. The molecule has 0 spiro atoms. The lowest BCUT2D eigenvalue weighted by atomic mass is 9.92. The molecule has 1 rings (SSSR count). The predicted octanol–water partition coefficient (Wildman–Crippen LogP) is 3.11. The SMILES string of the molecule is Cc1cc(CO)cc(C)c1OCCC(C)(C)C#N. The molecule has 1 N–H and O–H groups in total. The number of aliphatic hydroxyl groups excluding tert-OH is 1. The molecule has 0 atom stereocenters. The summed E-state index contributed by atoms with van der Waals surface area (Å²) in [6.07, 6.45) is 0.699. The van der Waals surface area contributed by atoms with Crippen LogP contribution in [0.2, 0.25) is 0 Å². The van der Waals surface area contributed by atoms with Gasteiger partial charge in [-0.05, 0) is 50.8 Å². The van der Waals surface area contributed by atoms with Gasteiger partial charge in [-0.3, -0.25) is 0 Å². The molecule has 0 saturated heterocycles. The van der Waals surface area contributed by atoms with E-state index in [4.69, 9.17) is 15.1 Å². The minimum atomic E-state index is -0.354. The first-order valence-electron chi connectivity index (χ1n) is 6.14. The maximum atomic E-state index is 9.12. The summed E-state index contributed by atoms with van der Waals surface area (Å²) in [7, 11) is 0. The third-order valence-electron chi connectivity index (χ3n) is 2.98. The third kappa shape index (κ3) is 3.75. The summed E-state index contributed by atoms with van der Waals surface area (Å²) in [5.41, 5.74) is 2.59. The van der Waals surface area contributed by atoms with Gasteiger partial charge in [0.15, 0.2) is 0 Å². The quantitative estimate of drug-likeness (QED) is 0.869. The molecule has 0 unspecified atom stereocenters. The van der Waals surface area contributed by atoms with E-state index in [9.17, 15) is 0 Å². The summed E-state index contributed by atoms with van der Waals surface area (Å²) in [5.74, 6) is 0.862. The molecule has 0 aliphatic heterocycles. The summed E-state index contributed by atoms with van der Waals surface area (Å²) in [5, 5.41) is 18.1. The number of ether oxygens (including phenoxy) is 1. The highest BCUT2D eigenvalue weighted by Gasteiger charge is 2.17. The lowest BCUT2D eigenvalue weighted by Crippen LogP contribution is -2.13. The van der Waals surface area contributed by atoms with Gasteiger partial charge < -0.3 is 9.84 Å². The van der Waals surface area contributed by atoms with E-state index in [1.165, 1.54) is 0 Å². The second-order valence-corrected chi connectivity index (χ2v) is 5.31. The van der Waals surface area contributed by atoms with Crippen LogP contribution in [0, 0.1) is 30.6 Å². The fourth-order valence-corrected chi connectivity index (χ4v) is 1.82. The maximum Gasteiger partial charge on any atom is 0.125 e. The Balaban J connectivity index is 2.72. The molecule has 0 heterocycles. The van der Waals surface area contributed by atoms with Crippen molar-refractivity contribution in [3.8, 4) is 11.8 Å². The number of aryl methyl sites for hydroxylation is 2. The van der Waals surface area contributed by atoms with E-state index in [0.717, 1.165) is 22.4 Å². The number of nitrogens with zero attached hydrogens (tertiary/aromatic N) is 1. The van der Waals surface area contributed by atoms with E-state index in [-0.39, 0.29) is 12.0 Å². The van der Waals surface area contributed by atoms with Crippen LogP contribution in [0.4, 0.5) is 0 Å². The molecule has 0 aliphatic rings. The van der Waals surface area contributed by atoms with Crippen LogP contribution in [0.15, 0.2) is 12.1 Å². The van der Waals surface area contributed by atoms with Crippen LogP contribution in [0.3, 0.4) is 0 Å². The van der Waals surface area contributed by atoms with Crippen molar-refractivity contribution in [1.82, 2.24) is 0 Å². The van der Waals surface area contributed by atoms with E-state index >= 15 is 0 Å². The minimum absolute atomic E-state index is 0.0451. The van der Waals surface area contributed by atoms with E-state index < -0.39 is 0 Å². The Morgan fingerprint density at radius 3 is 2.28 bits per heavy atom. The third-order valence-corrected chi connectivity index (χ3v) is 2.98. The largest absolute Gasteiger partial charge is 0.493 e. The standard InChI is InChI=1S/C15H21NO2/c1-11-7-13(9-17)8-12(2)14(11)18-6-5-15(3,4)10-16/h7-8,17H,5-6,9H2,1-4H3. The molecule has 0 radical (unpaired) electrons. The Labute approximate surface area is 109 Å². The van der Waals surface area contributed by atoms with Gasteiger partial charge in [0.25, 0.3) is 0 Å². The van der Waals surface area contributed by atoms with Gasteiger partial charge in [0.2, 0.25) is 0 Å². The van der Waals surface area contributed by atoms with Crippen LogP contribution >= 0.6 is 0 Å². The molecule has 3 heteroatoms. The van der Waals surface area contributed by atoms with Crippen LogP contribution in [0.25, 0.3) is 0 Å². The van der Waals surface area contributed by atoms with Gasteiger partial charge in [0, 0.05) is 0 Å². The van der Waals surface area contributed by atoms with Crippen molar-refractivity contribution >= 4 is 0 Å². The zero-order chi connectivity index (χ0) is 13.8. The predicted molar refractivity (Wildman–Crippen MR) is 71.3 cm³/mol. The molecule has 3 nitrogen and oxygen atoms in total. The number of rotatable bonds is 5. The van der Waals surface area contributed by atoms with Gasteiger partial charge >= 0.3 is 0 Å². The topological polar surface area (TPSA) is 53.2 Å². The summed E-state index contributed by atoms with van der Waals surface area (Å²) < 4.78 is 5.77. The first-order chi connectivity index (χ1) is 8.39. The van der Waals surface area contributed by atoms with Crippen LogP contribution in [0.1, 0.15) is 37.0 Å². The van der Waals surface area contributed by atoms with Crippen molar-refractivity contribution in [2.75, 3.05) is 6.61 Å². The highest BCUT2D eigenvalue weighted by Crippen LogP contribution is 2.26. The molecule has 0 aliphatic carbocycles. The fraction of sp³-hybridized carbons (Fsp3) is 0.533. The van der Waals surface area contributed by atoms with Gasteiger partial charge in [-0.1, -0.05) is 12.1 Å². The molecule has 1 aromatic rings. The number of aliphatic hydroxyl groups is 1. The number of hydrogen-bond acceptors (Lipinski definition) is 3. The Kier molecular flexibility index (Phi) is 4.75. The molecule has 0 saturated carbocycles. The lowest BCUT2D eigenvalue weighted by molar-refractivity contribution is 0.260. The van der Waals surface area contributed by atoms with Gasteiger partial charge in [-0.15, -0.1) is 0 Å². The van der Waals surface area contributed by atoms with Crippen LogP contribution in [0.5, 0.6) is 5.75 Å². The lowest BCUT2D eigenvalue weighted by Gasteiger charge is -2.18. The van der Waals surface area contributed by atoms with Crippen molar-refractivity contribution in [3.63, 3.8) is 0 Å². The molecule has 0 amide bonds. The Morgan fingerprint density at radius 1 is 1.28 bits per heavy atom. The van der Waals surface area contributed by atoms with Crippen LogP contribution in [-0.2, 0) is 6.61 Å². The van der Waals surface area contributed by atoms with Gasteiger partial charge in [-0.2, -0.15) is 5.26 Å². The first kappa shape index (κ1) is 14.5. The second-order valence-electron chi connectivity index (χ2n) is 5.31. The Morgan fingerprint density at radius 2 is 1.83 bits per heavy atom. The molecule has 0 fully saturated rings. The van der Waals surface area contributed by atoms with Crippen molar-refractivity contribution in [3.05, 3.63) is 28.8 Å². The van der Waals surface area contributed by atoms with Crippen LogP contribution < -0.4 is 4.74 Å². The highest BCUT2D eigenvalue weighted by atomic mass is 16.5. The second kappa shape index (κ2) is 5.88. The van der Waals surface area contributed by atoms with Gasteiger partial charge in [-0.25, -0.2) is 0 Å². The van der Waals surface area contributed by atoms with Crippen molar-refractivity contribution in [2.24, 2.45) is 5.41 Å². The number of nitriles is 1. The van der Waals surface area contributed by atoms with Gasteiger partial charge in [0.1, 0.15) is 5.75 Å². The molecule has 98 valence electrons. The number of benzene rings is 1. The van der Waals surface area contributed by atoms with Crippen LogP contribution in [-0.4, -0.2) is 11.7 Å². The average Bonchev–Trinajstić information content (AvgIpc) is 2.32. The monoisotopic (exact) mass is 247 g/mol. The maximum absolute atomic E-state index is 9.12. The van der Waals surface area contributed by atoms with E-state index in [2.05, 4.69) is 6.07 Å². The van der Waals surface area contributed by atoms with Gasteiger partial charge in [0.05, 0.1) is 24.7 Å². The Bertz CT molecular complexity index is 435. The highest BCUT2D eigenvalue weighted by molar-refractivity contribution is 5.43. The summed E-state index contributed by atoms with van der Waals surface area (Å²) in [4.78, 5) is 0. The summed E-state index contributed by atoms with van der Waals surface area (Å²) in [6.45, 7) is 8.33. The first-order valence-corrected chi connectivity index (χ1v) is 6.14. The van der Waals surface area contributed by atoms with Crippen molar-refractivity contribution in [2.45, 2.75) is 40.7 Å². The summed E-state index contributed by atoms with van der Waals surface area (Å²) >= 11 is 0. The van der Waals surface area contributed by atoms with E-state index in [1.807, 2.05) is 39.8 Å². The fourth-order valence-electron chi connectivity index (χ4n) is 1.82. The Hall–Kier alpha value is -1.53. The molecular weight excluding hydrogens is 226 g/mol. The smallest absolute Gasteiger partial charge is 0.125 e. The van der Waals surface area contributed by atoms with Crippen molar-refractivity contribution in [1.29, 1.82) is 5.26 Å².